The van der Waals surface area contributed by atoms with Crippen LogP contribution in [-0.4, -0.2) is 14.9 Å². The van der Waals surface area contributed by atoms with E-state index in [-0.39, 0.29) is 5.41 Å². The second kappa shape index (κ2) is 2.99. The summed E-state index contributed by atoms with van der Waals surface area (Å²) in [4.78, 5) is 0. The number of fused-ring (bicyclic) bond motifs is 1. The molecule has 0 aliphatic heterocycles. The summed E-state index contributed by atoms with van der Waals surface area (Å²) in [5.41, 5.74) is 1.89. The fourth-order valence-electron chi connectivity index (χ4n) is 2.09. The smallest absolute Gasteiger partial charge is 0.126 e. The summed E-state index contributed by atoms with van der Waals surface area (Å²) >= 11 is 0. The second-order valence-corrected chi connectivity index (χ2v) is 4.89. The summed E-state index contributed by atoms with van der Waals surface area (Å²) < 4.78 is 1.85. The molecule has 15 heavy (non-hydrogen) atoms. The van der Waals surface area contributed by atoms with Crippen molar-refractivity contribution in [2.45, 2.75) is 26.2 Å². The Hall–Kier alpha value is -1.51. The van der Waals surface area contributed by atoms with Gasteiger partial charge in [0.15, 0.2) is 0 Å². The molecule has 1 N–H and O–H groups in total. The lowest BCUT2D eigenvalue weighted by molar-refractivity contribution is 0.476. The Morgan fingerprint density at radius 2 is 1.93 bits per heavy atom. The molecule has 3 nitrogen and oxygen atoms in total. The van der Waals surface area contributed by atoms with E-state index in [0.717, 1.165) is 16.6 Å². The Bertz CT molecular complexity index is 506. The number of aryl methyl sites for hydroxylation is 1. The molecule has 1 aromatic heterocycles. The normalized spacial score (nSPS) is 12.3. The number of hydrogen-bond acceptors (Lipinski definition) is 2. The third-order valence-corrected chi connectivity index (χ3v) is 2.55. The monoisotopic (exact) mass is 204 g/mol. The van der Waals surface area contributed by atoms with Crippen molar-refractivity contribution in [1.82, 2.24) is 9.78 Å². The highest BCUT2D eigenvalue weighted by atomic mass is 16.3. The SMILES string of the molecule is Cn1nc2cccc(O)c2c1C(C)(C)C. The third-order valence-electron chi connectivity index (χ3n) is 2.55. The molecule has 0 amide bonds. The van der Waals surface area contributed by atoms with Gasteiger partial charge in [-0.25, -0.2) is 0 Å². The lowest BCUT2D eigenvalue weighted by Crippen LogP contribution is -2.16. The number of nitrogens with zero attached hydrogens (tertiary/aromatic N) is 2. The Balaban J connectivity index is 2.89. The molecule has 2 rings (SSSR count). The third kappa shape index (κ3) is 1.48. The van der Waals surface area contributed by atoms with E-state index < -0.39 is 0 Å². The van der Waals surface area contributed by atoms with Crippen molar-refractivity contribution < 1.29 is 5.11 Å². The van der Waals surface area contributed by atoms with Gasteiger partial charge in [0.1, 0.15) is 5.75 Å². The van der Waals surface area contributed by atoms with Crippen molar-refractivity contribution in [3.05, 3.63) is 23.9 Å². The molecule has 0 unspecified atom stereocenters. The molecule has 3 heteroatoms. The van der Waals surface area contributed by atoms with Gasteiger partial charge >= 0.3 is 0 Å². The molecule has 0 fully saturated rings. The van der Waals surface area contributed by atoms with Crippen LogP contribution in [0.25, 0.3) is 10.9 Å². The Morgan fingerprint density at radius 3 is 2.53 bits per heavy atom. The summed E-state index contributed by atoms with van der Waals surface area (Å²) in [5.74, 6) is 0.311. The fraction of sp³-hybridized carbons (Fsp3) is 0.417. The molecule has 0 spiro atoms. The zero-order valence-electron chi connectivity index (χ0n) is 9.57. The van der Waals surface area contributed by atoms with E-state index >= 15 is 0 Å². The molecule has 0 aliphatic carbocycles. The van der Waals surface area contributed by atoms with Crippen molar-refractivity contribution in [1.29, 1.82) is 0 Å². The number of phenols is 1. The molecule has 0 saturated heterocycles. The number of phenolic OH excluding ortho intramolecular Hbond substituents is 1. The molecule has 1 aromatic carbocycles. The highest BCUT2D eigenvalue weighted by molar-refractivity contribution is 5.88. The molecule has 0 radical (unpaired) electrons. The number of aromatic hydroxyl groups is 1. The first kappa shape index (κ1) is 10.0. The van der Waals surface area contributed by atoms with E-state index in [1.165, 1.54) is 0 Å². The number of benzene rings is 1. The van der Waals surface area contributed by atoms with Crippen molar-refractivity contribution >= 4 is 10.9 Å². The van der Waals surface area contributed by atoms with Crippen LogP contribution in [-0.2, 0) is 12.5 Å². The van der Waals surface area contributed by atoms with Crippen LogP contribution in [0.5, 0.6) is 5.75 Å². The minimum absolute atomic E-state index is 0.0255. The van der Waals surface area contributed by atoms with Crippen LogP contribution >= 0.6 is 0 Å². The zero-order valence-corrected chi connectivity index (χ0v) is 9.57. The van der Waals surface area contributed by atoms with E-state index in [9.17, 15) is 5.11 Å². The maximum Gasteiger partial charge on any atom is 0.126 e. The molecule has 80 valence electrons. The van der Waals surface area contributed by atoms with Crippen LogP contribution < -0.4 is 0 Å². The first-order valence-electron chi connectivity index (χ1n) is 5.06. The minimum atomic E-state index is -0.0255. The predicted octanol–water partition coefficient (Wildman–Crippen LogP) is 2.58. The van der Waals surface area contributed by atoms with Gasteiger partial charge in [0, 0.05) is 12.5 Å². The van der Waals surface area contributed by atoms with Crippen LogP contribution in [0.3, 0.4) is 0 Å². The van der Waals surface area contributed by atoms with Gasteiger partial charge in [-0.15, -0.1) is 0 Å². The molecule has 0 bridgehead atoms. The van der Waals surface area contributed by atoms with Crippen LogP contribution in [0.2, 0.25) is 0 Å². The molecular formula is C12H16N2O. The van der Waals surface area contributed by atoms with Gasteiger partial charge < -0.3 is 5.11 Å². The quantitative estimate of drug-likeness (QED) is 0.716. The van der Waals surface area contributed by atoms with Crippen LogP contribution in [0.1, 0.15) is 26.5 Å². The van der Waals surface area contributed by atoms with Gasteiger partial charge in [0.25, 0.3) is 0 Å². The summed E-state index contributed by atoms with van der Waals surface area (Å²) in [6.45, 7) is 6.36. The standard InChI is InChI=1S/C12H16N2O/c1-12(2,3)11-10-8(13-14(11)4)6-5-7-9(10)15/h5-7,15H,1-4H3. The van der Waals surface area contributed by atoms with Gasteiger partial charge in [-0.3, -0.25) is 4.68 Å². The fourth-order valence-corrected chi connectivity index (χ4v) is 2.09. The molecular weight excluding hydrogens is 188 g/mol. The number of rotatable bonds is 0. The maximum absolute atomic E-state index is 9.88. The van der Waals surface area contributed by atoms with E-state index in [1.807, 2.05) is 23.9 Å². The summed E-state index contributed by atoms with van der Waals surface area (Å²) in [6, 6.07) is 5.45. The van der Waals surface area contributed by atoms with Gasteiger partial charge in [-0.1, -0.05) is 26.8 Å². The highest BCUT2D eigenvalue weighted by Gasteiger charge is 2.23. The Labute approximate surface area is 89.3 Å². The van der Waals surface area contributed by atoms with Gasteiger partial charge in [0.2, 0.25) is 0 Å². The summed E-state index contributed by atoms with van der Waals surface area (Å²) in [5, 5.41) is 15.1. The Morgan fingerprint density at radius 1 is 1.27 bits per heavy atom. The van der Waals surface area contributed by atoms with Gasteiger partial charge in [0.05, 0.1) is 16.6 Å². The van der Waals surface area contributed by atoms with Crippen molar-refractivity contribution in [2.24, 2.45) is 7.05 Å². The van der Waals surface area contributed by atoms with Gasteiger partial charge in [-0.2, -0.15) is 5.10 Å². The summed E-state index contributed by atoms with van der Waals surface area (Å²) in [6.07, 6.45) is 0. The molecule has 0 aliphatic rings. The van der Waals surface area contributed by atoms with Gasteiger partial charge in [-0.05, 0) is 12.1 Å². The molecule has 2 aromatic rings. The zero-order chi connectivity index (χ0) is 11.2. The van der Waals surface area contributed by atoms with Crippen molar-refractivity contribution in [2.75, 3.05) is 0 Å². The highest BCUT2D eigenvalue weighted by Crippen LogP contribution is 2.34. The number of hydrogen-bond donors (Lipinski definition) is 1. The van der Waals surface area contributed by atoms with Crippen LogP contribution in [0.4, 0.5) is 0 Å². The van der Waals surface area contributed by atoms with E-state index in [1.54, 1.807) is 6.07 Å². The average Bonchev–Trinajstić information content (AvgIpc) is 2.41. The van der Waals surface area contributed by atoms with E-state index in [4.69, 9.17) is 0 Å². The predicted molar refractivity (Wildman–Crippen MR) is 61.1 cm³/mol. The first-order chi connectivity index (χ1) is 6.91. The van der Waals surface area contributed by atoms with Crippen molar-refractivity contribution in [3.8, 4) is 5.75 Å². The molecule has 1 heterocycles. The average molecular weight is 204 g/mol. The maximum atomic E-state index is 9.88. The second-order valence-electron chi connectivity index (χ2n) is 4.89. The van der Waals surface area contributed by atoms with Crippen molar-refractivity contribution in [3.63, 3.8) is 0 Å². The molecule has 0 saturated carbocycles. The largest absolute Gasteiger partial charge is 0.507 e. The topological polar surface area (TPSA) is 38.0 Å². The first-order valence-corrected chi connectivity index (χ1v) is 5.06. The number of aromatic nitrogens is 2. The Kier molecular flexibility index (Phi) is 2.00. The summed E-state index contributed by atoms with van der Waals surface area (Å²) in [7, 11) is 1.92. The van der Waals surface area contributed by atoms with Crippen LogP contribution in [0, 0.1) is 0 Å². The molecule has 0 atom stereocenters. The van der Waals surface area contributed by atoms with Crippen LogP contribution in [0.15, 0.2) is 18.2 Å². The lowest BCUT2D eigenvalue weighted by atomic mass is 9.89. The minimum Gasteiger partial charge on any atom is -0.507 e. The van der Waals surface area contributed by atoms with E-state index in [0.29, 0.717) is 5.75 Å². The lowest BCUT2D eigenvalue weighted by Gasteiger charge is -2.19. The van der Waals surface area contributed by atoms with E-state index in [2.05, 4.69) is 25.9 Å².